The van der Waals surface area contributed by atoms with E-state index in [2.05, 4.69) is 61.2 Å². The molecule has 0 amide bonds. The van der Waals surface area contributed by atoms with E-state index >= 15 is 0 Å². The van der Waals surface area contributed by atoms with E-state index in [-0.39, 0.29) is 0 Å². The molecule has 4 aromatic carbocycles. The van der Waals surface area contributed by atoms with Crippen LogP contribution in [0.5, 0.6) is 0 Å². The standard InChI is InChI=1S/C27H21NO2S2/c1-27(2)19-9-3-8-14-25(19)32(29,30)26-16-15-18(17-20(26)27)28-21-10-4-6-12-23(21)31-24-13-7-5-11-22(24)28/h3-17H,1-2H3. The van der Waals surface area contributed by atoms with Gasteiger partial charge in [0.1, 0.15) is 0 Å². The van der Waals surface area contributed by atoms with E-state index in [1.807, 2.05) is 30.3 Å². The lowest BCUT2D eigenvalue weighted by Gasteiger charge is -2.37. The second kappa shape index (κ2) is 6.74. The lowest BCUT2D eigenvalue weighted by molar-refractivity contribution is 0.555. The maximum atomic E-state index is 13.5. The van der Waals surface area contributed by atoms with Crippen molar-refractivity contribution < 1.29 is 8.42 Å². The van der Waals surface area contributed by atoms with E-state index in [0.717, 1.165) is 28.2 Å². The van der Waals surface area contributed by atoms with Gasteiger partial charge in [-0.1, -0.05) is 68.1 Å². The van der Waals surface area contributed by atoms with Crippen LogP contribution in [0.3, 0.4) is 0 Å². The average molecular weight is 456 g/mol. The molecule has 4 aromatic rings. The van der Waals surface area contributed by atoms with Crippen LogP contribution in [0, 0.1) is 0 Å². The van der Waals surface area contributed by atoms with Crippen molar-refractivity contribution in [1.29, 1.82) is 0 Å². The minimum Gasteiger partial charge on any atom is -0.308 e. The van der Waals surface area contributed by atoms with Crippen LogP contribution in [0.15, 0.2) is 111 Å². The van der Waals surface area contributed by atoms with Crippen molar-refractivity contribution >= 4 is 38.7 Å². The molecule has 5 heteroatoms. The van der Waals surface area contributed by atoms with E-state index in [9.17, 15) is 8.42 Å². The van der Waals surface area contributed by atoms with Crippen molar-refractivity contribution in [3.05, 3.63) is 102 Å². The molecule has 2 heterocycles. The molecular weight excluding hydrogens is 434 g/mol. The Morgan fingerprint density at radius 1 is 0.688 bits per heavy atom. The van der Waals surface area contributed by atoms with Gasteiger partial charge in [-0.2, -0.15) is 0 Å². The Labute approximate surface area is 192 Å². The van der Waals surface area contributed by atoms with Crippen molar-refractivity contribution in [2.75, 3.05) is 4.90 Å². The molecular formula is C27H21NO2S2. The van der Waals surface area contributed by atoms with Crippen LogP contribution in [0.1, 0.15) is 25.0 Å². The molecule has 0 spiro atoms. The highest BCUT2D eigenvalue weighted by Gasteiger charge is 2.41. The number of hydrogen-bond donors (Lipinski definition) is 0. The molecule has 0 aliphatic carbocycles. The summed E-state index contributed by atoms with van der Waals surface area (Å²) >= 11 is 1.76. The summed E-state index contributed by atoms with van der Waals surface area (Å²) in [6.07, 6.45) is 0. The Bertz CT molecular complexity index is 1460. The number of hydrogen-bond acceptors (Lipinski definition) is 4. The van der Waals surface area contributed by atoms with Crippen LogP contribution < -0.4 is 4.90 Å². The lowest BCUT2D eigenvalue weighted by Crippen LogP contribution is -2.30. The van der Waals surface area contributed by atoms with Crippen molar-refractivity contribution in [2.24, 2.45) is 0 Å². The number of rotatable bonds is 1. The number of para-hydroxylation sites is 2. The van der Waals surface area contributed by atoms with Gasteiger partial charge in [-0.15, -0.1) is 0 Å². The fourth-order valence-electron chi connectivity index (χ4n) is 4.84. The smallest absolute Gasteiger partial charge is 0.207 e. The van der Waals surface area contributed by atoms with Crippen molar-refractivity contribution in [1.82, 2.24) is 0 Å². The number of nitrogens with zero attached hydrogens (tertiary/aromatic N) is 1. The Hall–Kier alpha value is -3.02. The van der Waals surface area contributed by atoms with Crippen LogP contribution in [-0.4, -0.2) is 8.42 Å². The van der Waals surface area contributed by atoms with Gasteiger partial charge in [0.05, 0.1) is 21.2 Å². The maximum Gasteiger partial charge on any atom is 0.207 e. The zero-order chi connectivity index (χ0) is 22.1. The summed E-state index contributed by atoms with van der Waals surface area (Å²) in [6.45, 7) is 4.22. The average Bonchev–Trinajstić information content (AvgIpc) is 2.81. The molecule has 2 aliphatic rings. The monoisotopic (exact) mass is 455 g/mol. The number of sulfone groups is 1. The van der Waals surface area contributed by atoms with Crippen LogP contribution in [0.4, 0.5) is 17.1 Å². The molecule has 32 heavy (non-hydrogen) atoms. The molecule has 0 saturated heterocycles. The Morgan fingerprint density at radius 3 is 1.94 bits per heavy atom. The van der Waals surface area contributed by atoms with Gasteiger partial charge in [0.2, 0.25) is 9.84 Å². The highest BCUT2D eigenvalue weighted by molar-refractivity contribution is 7.99. The van der Waals surface area contributed by atoms with Crippen molar-refractivity contribution in [2.45, 2.75) is 38.8 Å². The molecule has 0 N–H and O–H groups in total. The second-order valence-electron chi connectivity index (χ2n) is 8.68. The zero-order valence-corrected chi connectivity index (χ0v) is 19.4. The molecule has 0 bridgehead atoms. The van der Waals surface area contributed by atoms with Crippen LogP contribution >= 0.6 is 11.8 Å². The largest absolute Gasteiger partial charge is 0.308 e. The minimum atomic E-state index is -3.56. The van der Waals surface area contributed by atoms with Gasteiger partial charge >= 0.3 is 0 Å². The normalized spacial score (nSPS) is 17.0. The van der Waals surface area contributed by atoms with E-state index < -0.39 is 15.3 Å². The Balaban J connectivity index is 1.61. The third kappa shape index (κ3) is 2.64. The van der Waals surface area contributed by atoms with Gasteiger partial charge < -0.3 is 4.90 Å². The van der Waals surface area contributed by atoms with Gasteiger partial charge in [0.15, 0.2) is 0 Å². The molecule has 6 rings (SSSR count). The van der Waals surface area contributed by atoms with E-state index in [1.165, 1.54) is 9.79 Å². The Kier molecular flexibility index (Phi) is 4.14. The summed E-state index contributed by atoms with van der Waals surface area (Å²) in [7, 11) is -3.56. The van der Waals surface area contributed by atoms with Crippen LogP contribution in [0.25, 0.3) is 0 Å². The first kappa shape index (κ1) is 19.6. The third-order valence-corrected chi connectivity index (χ3v) is 9.47. The molecule has 0 unspecified atom stereocenters. The van der Waals surface area contributed by atoms with Crippen molar-refractivity contribution in [3.8, 4) is 0 Å². The molecule has 0 saturated carbocycles. The Morgan fingerprint density at radius 2 is 1.25 bits per heavy atom. The summed E-state index contributed by atoms with van der Waals surface area (Å²) in [5, 5.41) is 0. The fourth-order valence-corrected chi connectivity index (χ4v) is 7.86. The van der Waals surface area contributed by atoms with E-state index in [0.29, 0.717) is 9.79 Å². The molecule has 3 nitrogen and oxygen atoms in total. The quantitative estimate of drug-likeness (QED) is 0.270. The molecule has 0 radical (unpaired) electrons. The summed E-state index contributed by atoms with van der Waals surface area (Å²) in [4.78, 5) is 5.42. The highest BCUT2D eigenvalue weighted by atomic mass is 32.2. The first-order chi connectivity index (χ1) is 15.4. The summed E-state index contributed by atoms with van der Waals surface area (Å²) < 4.78 is 26.9. The molecule has 0 fully saturated rings. The van der Waals surface area contributed by atoms with Gasteiger partial charge in [0.25, 0.3) is 0 Å². The predicted octanol–water partition coefficient (Wildman–Crippen LogP) is 7.09. The van der Waals surface area contributed by atoms with E-state index in [4.69, 9.17) is 0 Å². The van der Waals surface area contributed by atoms with Gasteiger partial charge in [-0.05, 0) is 59.7 Å². The number of benzene rings is 4. The number of fused-ring (bicyclic) bond motifs is 4. The summed E-state index contributed by atoms with van der Waals surface area (Å²) in [5.41, 5.74) is 4.42. The fraction of sp³-hybridized carbons (Fsp3) is 0.111. The third-order valence-electron chi connectivity index (χ3n) is 6.47. The second-order valence-corrected chi connectivity index (χ2v) is 11.6. The van der Waals surface area contributed by atoms with Crippen molar-refractivity contribution in [3.63, 3.8) is 0 Å². The number of anilines is 3. The zero-order valence-electron chi connectivity index (χ0n) is 17.7. The topological polar surface area (TPSA) is 37.4 Å². The van der Waals surface area contributed by atoms with Crippen LogP contribution in [0.2, 0.25) is 0 Å². The molecule has 2 aliphatic heterocycles. The minimum absolute atomic E-state index is 0.401. The lowest BCUT2D eigenvalue weighted by atomic mass is 9.77. The van der Waals surface area contributed by atoms with Gasteiger partial charge in [0, 0.05) is 20.9 Å². The predicted molar refractivity (Wildman–Crippen MR) is 129 cm³/mol. The molecule has 0 aromatic heterocycles. The maximum absolute atomic E-state index is 13.5. The first-order valence-electron chi connectivity index (χ1n) is 10.5. The molecule has 0 atom stereocenters. The first-order valence-corrected chi connectivity index (χ1v) is 12.8. The summed E-state index contributed by atoms with van der Waals surface area (Å²) in [5.74, 6) is 0. The van der Waals surface area contributed by atoms with Gasteiger partial charge in [-0.3, -0.25) is 0 Å². The van der Waals surface area contributed by atoms with Gasteiger partial charge in [-0.25, -0.2) is 8.42 Å². The SMILES string of the molecule is CC1(C)c2ccccc2S(=O)(=O)c2ccc(N3c4ccccc4Sc4ccccc43)cc21. The molecule has 158 valence electrons. The highest BCUT2D eigenvalue weighted by Crippen LogP contribution is 2.53. The summed E-state index contributed by atoms with van der Waals surface area (Å²) in [6, 6.07) is 29.8. The van der Waals surface area contributed by atoms with E-state index in [1.54, 1.807) is 30.0 Å². The van der Waals surface area contributed by atoms with Crippen LogP contribution in [-0.2, 0) is 15.3 Å².